The average Bonchev–Trinajstić information content (AvgIpc) is 2.54. The van der Waals surface area contributed by atoms with Crippen molar-refractivity contribution in [1.82, 2.24) is 4.90 Å². The van der Waals surface area contributed by atoms with Crippen molar-refractivity contribution < 1.29 is 9.53 Å². The van der Waals surface area contributed by atoms with Crippen molar-refractivity contribution in [3.05, 3.63) is 71.3 Å². The molecule has 22 heavy (non-hydrogen) atoms. The molecule has 0 aromatic heterocycles. The van der Waals surface area contributed by atoms with Gasteiger partial charge in [0, 0.05) is 25.3 Å². The molecule has 2 rings (SSSR count). The Morgan fingerprint density at radius 1 is 1.00 bits per heavy atom. The Morgan fingerprint density at radius 3 is 2.18 bits per heavy atom. The molecular formula is C19H23NO2. The number of amides is 1. The molecule has 0 bridgehead atoms. The van der Waals surface area contributed by atoms with E-state index < -0.39 is 0 Å². The van der Waals surface area contributed by atoms with Crippen molar-refractivity contribution in [2.45, 2.75) is 33.0 Å². The number of carbonyl (C=O) groups excluding carboxylic acids is 1. The first-order valence-corrected chi connectivity index (χ1v) is 7.54. The number of hydrogen-bond donors (Lipinski definition) is 0. The van der Waals surface area contributed by atoms with Gasteiger partial charge in [0.05, 0.1) is 6.61 Å². The number of methoxy groups -OCH3 is 1. The lowest BCUT2D eigenvalue weighted by Crippen LogP contribution is -2.36. The summed E-state index contributed by atoms with van der Waals surface area (Å²) in [7, 11) is 1.67. The highest BCUT2D eigenvalue weighted by atomic mass is 16.5. The van der Waals surface area contributed by atoms with Crippen LogP contribution in [0.15, 0.2) is 54.6 Å². The van der Waals surface area contributed by atoms with Gasteiger partial charge in [-0.15, -0.1) is 0 Å². The highest BCUT2D eigenvalue weighted by Gasteiger charge is 2.18. The molecule has 3 heteroatoms. The first-order chi connectivity index (χ1) is 10.6. The number of nitrogens with zero attached hydrogens (tertiary/aromatic N) is 1. The van der Waals surface area contributed by atoms with Crippen LogP contribution >= 0.6 is 0 Å². The van der Waals surface area contributed by atoms with Crippen molar-refractivity contribution >= 4 is 5.91 Å². The van der Waals surface area contributed by atoms with Gasteiger partial charge in [0.25, 0.3) is 5.91 Å². The highest BCUT2D eigenvalue weighted by Crippen LogP contribution is 2.14. The lowest BCUT2D eigenvalue weighted by molar-refractivity contribution is 0.0690. The van der Waals surface area contributed by atoms with Gasteiger partial charge >= 0.3 is 0 Å². The van der Waals surface area contributed by atoms with Gasteiger partial charge in [-0.2, -0.15) is 0 Å². The van der Waals surface area contributed by atoms with E-state index in [0.29, 0.717) is 18.7 Å². The standard InChI is InChI=1S/C19H23NO2/c1-15(2)20(13-16-7-5-4-6-8-16)19(21)18-11-9-17(10-12-18)14-22-3/h4-12,15H,13-14H2,1-3H3. The van der Waals surface area contributed by atoms with E-state index in [-0.39, 0.29) is 11.9 Å². The summed E-state index contributed by atoms with van der Waals surface area (Å²) in [4.78, 5) is 14.6. The molecule has 0 aliphatic rings. The average molecular weight is 297 g/mol. The van der Waals surface area contributed by atoms with Gasteiger partial charge in [-0.25, -0.2) is 0 Å². The summed E-state index contributed by atoms with van der Waals surface area (Å²) in [6, 6.07) is 17.8. The second-order valence-corrected chi connectivity index (χ2v) is 5.64. The van der Waals surface area contributed by atoms with Crippen LogP contribution in [0.3, 0.4) is 0 Å². The minimum absolute atomic E-state index is 0.0582. The maximum absolute atomic E-state index is 12.8. The van der Waals surface area contributed by atoms with Gasteiger partial charge in [-0.3, -0.25) is 4.79 Å². The third kappa shape index (κ3) is 4.18. The molecule has 1 amide bonds. The van der Waals surface area contributed by atoms with Crippen LogP contribution in [0.25, 0.3) is 0 Å². The summed E-state index contributed by atoms with van der Waals surface area (Å²) in [5.41, 5.74) is 2.92. The monoisotopic (exact) mass is 297 g/mol. The number of hydrogen-bond acceptors (Lipinski definition) is 2. The first-order valence-electron chi connectivity index (χ1n) is 7.54. The zero-order valence-corrected chi connectivity index (χ0v) is 13.5. The van der Waals surface area contributed by atoms with Gasteiger partial charge in [0.2, 0.25) is 0 Å². The molecule has 0 saturated carbocycles. The van der Waals surface area contributed by atoms with E-state index in [4.69, 9.17) is 4.74 Å². The van der Waals surface area contributed by atoms with E-state index >= 15 is 0 Å². The van der Waals surface area contributed by atoms with E-state index in [9.17, 15) is 4.79 Å². The number of ether oxygens (including phenoxy) is 1. The minimum Gasteiger partial charge on any atom is -0.380 e. The summed E-state index contributed by atoms with van der Waals surface area (Å²) in [6.07, 6.45) is 0. The Kier molecular flexibility index (Phi) is 5.73. The van der Waals surface area contributed by atoms with Crippen LogP contribution in [0.1, 0.15) is 35.3 Å². The normalized spacial score (nSPS) is 10.7. The number of benzene rings is 2. The van der Waals surface area contributed by atoms with Crippen LogP contribution in [-0.4, -0.2) is 24.0 Å². The zero-order chi connectivity index (χ0) is 15.9. The molecular weight excluding hydrogens is 274 g/mol. The molecule has 0 fully saturated rings. The molecule has 2 aromatic carbocycles. The summed E-state index contributed by atoms with van der Waals surface area (Å²) in [5, 5.41) is 0. The number of rotatable bonds is 6. The molecule has 0 aliphatic carbocycles. The lowest BCUT2D eigenvalue weighted by Gasteiger charge is -2.27. The fraction of sp³-hybridized carbons (Fsp3) is 0.316. The van der Waals surface area contributed by atoms with Crippen LogP contribution < -0.4 is 0 Å². The van der Waals surface area contributed by atoms with E-state index in [1.165, 1.54) is 0 Å². The topological polar surface area (TPSA) is 29.5 Å². The van der Waals surface area contributed by atoms with Gasteiger partial charge < -0.3 is 9.64 Å². The Balaban J connectivity index is 2.15. The van der Waals surface area contributed by atoms with Crippen LogP contribution in [-0.2, 0) is 17.9 Å². The molecule has 0 unspecified atom stereocenters. The van der Waals surface area contributed by atoms with Crippen LogP contribution in [0.2, 0.25) is 0 Å². The molecule has 116 valence electrons. The summed E-state index contributed by atoms with van der Waals surface area (Å²) >= 11 is 0. The van der Waals surface area contributed by atoms with E-state index in [0.717, 1.165) is 11.1 Å². The Bertz CT molecular complexity index is 591. The molecule has 0 spiro atoms. The predicted molar refractivity (Wildman–Crippen MR) is 88.6 cm³/mol. The summed E-state index contributed by atoms with van der Waals surface area (Å²) < 4.78 is 5.10. The fourth-order valence-electron chi connectivity index (χ4n) is 2.35. The van der Waals surface area contributed by atoms with E-state index in [2.05, 4.69) is 0 Å². The maximum atomic E-state index is 12.8. The van der Waals surface area contributed by atoms with Gasteiger partial charge in [0.1, 0.15) is 0 Å². The van der Waals surface area contributed by atoms with Crippen LogP contribution in [0.4, 0.5) is 0 Å². The summed E-state index contributed by atoms with van der Waals surface area (Å²) in [5.74, 6) is 0.0582. The predicted octanol–water partition coefficient (Wildman–Crippen LogP) is 3.88. The van der Waals surface area contributed by atoms with Crippen LogP contribution in [0, 0.1) is 0 Å². The highest BCUT2D eigenvalue weighted by molar-refractivity contribution is 5.94. The summed E-state index contributed by atoms with van der Waals surface area (Å²) in [6.45, 7) is 5.27. The third-order valence-electron chi connectivity index (χ3n) is 3.59. The van der Waals surface area contributed by atoms with Crippen molar-refractivity contribution in [2.75, 3.05) is 7.11 Å². The molecule has 0 heterocycles. The van der Waals surface area contributed by atoms with Crippen LogP contribution in [0.5, 0.6) is 0 Å². The molecule has 0 atom stereocenters. The quantitative estimate of drug-likeness (QED) is 0.809. The third-order valence-corrected chi connectivity index (χ3v) is 3.59. The zero-order valence-electron chi connectivity index (χ0n) is 13.5. The van der Waals surface area contributed by atoms with E-state index in [1.807, 2.05) is 73.3 Å². The number of carbonyl (C=O) groups is 1. The van der Waals surface area contributed by atoms with Gasteiger partial charge in [0.15, 0.2) is 0 Å². The van der Waals surface area contributed by atoms with Crippen molar-refractivity contribution in [1.29, 1.82) is 0 Å². The van der Waals surface area contributed by atoms with Gasteiger partial charge in [-0.1, -0.05) is 42.5 Å². The first kappa shape index (κ1) is 16.2. The fourth-order valence-corrected chi connectivity index (χ4v) is 2.35. The van der Waals surface area contributed by atoms with Crippen molar-refractivity contribution in [3.63, 3.8) is 0 Å². The lowest BCUT2D eigenvalue weighted by atomic mass is 10.1. The Morgan fingerprint density at radius 2 is 1.64 bits per heavy atom. The molecule has 2 aromatic rings. The Labute approximate surface area is 132 Å². The van der Waals surface area contributed by atoms with Gasteiger partial charge in [-0.05, 0) is 37.1 Å². The van der Waals surface area contributed by atoms with Crippen molar-refractivity contribution in [2.24, 2.45) is 0 Å². The molecule has 0 aliphatic heterocycles. The SMILES string of the molecule is COCc1ccc(C(=O)N(Cc2ccccc2)C(C)C)cc1. The molecule has 0 radical (unpaired) electrons. The molecule has 0 saturated heterocycles. The largest absolute Gasteiger partial charge is 0.380 e. The second-order valence-electron chi connectivity index (χ2n) is 5.64. The smallest absolute Gasteiger partial charge is 0.254 e. The Hall–Kier alpha value is -2.13. The van der Waals surface area contributed by atoms with E-state index in [1.54, 1.807) is 7.11 Å². The minimum atomic E-state index is 0.0582. The molecule has 3 nitrogen and oxygen atoms in total. The van der Waals surface area contributed by atoms with Crippen molar-refractivity contribution in [3.8, 4) is 0 Å². The molecule has 0 N–H and O–H groups in total. The maximum Gasteiger partial charge on any atom is 0.254 e. The second kappa shape index (κ2) is 7.76.